The first-order chi connectivity index (χ1) is 12.7. The van der Waals surface area contributed by atoms with Gasteiger partial charge >= 0.3 is 41.5 Å². The molecular weight excluding hydrogens is 395 g/mol. The minimum atomic E-state index is -3.67. The number of rotatable bonds is 15. The molecule has 0 unspecified atom stereocenters. The molecule has 0 aromatic heterocycles. The van der Waals surface area contributed by atoms with Crippen LogP contribution in [0.3, 0.4) is 0 Å². The van der Waals surface area contributed by atoms with Gasteiger partial charge in [0.25, 0.3) is 10.1 Å². The molecule has 0 atom stereocenters. The van der Waals surface area contributed by atoms with Crippen molar-refractivity contribution in [2.75, 3.05) is 12.4 Å². The van der Waals surface area contributed by atoms with E-state index in [9.17, 15) is 18.0 Å². The second kappa shape index (κ2) is 22.9. The molecule has 0 bridgehead atoms. The van der Waals surface area contributed by atoms with Gasteiger partial charge in [0.2, 0.25) is 0 Å². The van der Waals surface area contributed by atoms with Crippen molar-refractivity contribution < 1.29 is 32.4 Å². The molecule has 0 fully saturated rings. The van der Waals surface area contributed by atoms with Gasteiger partial charge in [0.15, 0.2) is 0 Å². The summed E-state index contributed by atoms with van der Waals surface area (Å²) in [6.45, 7) is 4.29. The van der Waals surface area contributed by atoms with E-state index in [2.05, 4.69) is 6.92 Å². The van der Waals surface area contributed by atoms with E-state index in [4.69, 9.17) is 14.4 Å². The van der Waals surface area contributed by atoms with Crippen molar-refractivity contribution in [3.8, 4) is 0 Å². The molecule has 0 aliphatic carbocycles. The molecule has 28 heavy (non-hydrogen) atoms. The Kier molecular flexibility index (Phi) is 26.4. The van der Waals surface area contributed by atoms with E-state index in [1.807, 2.05) is 0 Å². The standard InChI is InChI=1S/C16H28O4.C3H8O3S.Na.H/c1-2-3-4-5-6-7-8-9-10-11-14-20-16(19)13-12-15(17)18;1-2-3-7(4,5)6;;/h12-13H,2-11,14H2,1H3,(H,17,18);2-3H2,1H3,(H,4,5,6);;/b13-12-;;;. The Morgan fingerprint density at radius 3 is 1.64 bits per heavy atom. The number of esters is 1. The molecule has 0 spiro atoms. The summed E-state index contributed by atoms with van der Waals surface area (Å²) in [6, 6.07) is 0. The van der Waals surface area contributed by atoms with Crippen LogP contribution in [0.1, 0.15) is 84.5 Å². The first kappa shape index (κ1) is 32.3. The van der Waals surface area contributed by atoms with Crippen LogP contribution in [0.2, 0.25) is 0 Å². The van der Waals surface area contributed by atoms with Crippen molar-refractivity contribution >= 4 is 51.6 Å². The zero-order valence-electron chi connectivity index (χ0n) is 16.7. The van der Waals surface area contributed by atoms with Gasteiger partial charge in [-0.3, -0.25) is 4.55 Å². The first-order valence-corrected chi connectivity index (χ1v) is 11.4. The number of unbranched alkanes of at least 4 members (excludes halogenated alkanes) is 9. The monoisotopic (exact) mass is 432 g/mol. The van der Waals surface area contributed by atoms with Crippen molar-refractivity contribution in [3.63, 3.8) is 0 Å². The van der Waals surface area contributed by atoms with Crippen molar-refractivity contribution in [1.82, 2.24) is 0 Å². The molecule has 0 aromatic rings. The summed E-state index contributed by atoms with van der Waals surface area (Å²) in [6.07, 6.45) is 14.5. The number of hydrogen-bond acceptors (Lipinski definition) is 5. The van der Waals surface area contributed by atoms with Crippen molar-refractivity contribution in [2.45, 2.75) is 84.5 Å². The predicted molar refractivity (Wildman–Crippen MR) is 113 cm³/mol. The third-order valence-corrected chi connectivity index (χ3v) is 4.49. The van der Waals surface area contributed by atoms with Crippen molar-refractivity contribution in [3.05, 3.63) is 12.2 Å². The van der Waals surface area contributed by atoms with Crippen LogP contribution in [0.5, 0.6) is 0 Å². The summed E-state index contributed by atoms with van der Waals surface area (Å²) in [5.41, 5.74) is 0. The number of hydrogen-bond donors (Lipinski definition) is 2. The molecule has 162 valence electrons. The molecule has 0 aromatic carbocycles. The number of carbonyl (C=O) groups excluding carboxylic acids is 1. The van der Waals surface area contributed by atoms with E-state index in [1.165, 1.54) is 51.4 Å². The van der Waals surface area contributed by atoms with Crippen LogP contribution in [-0.4, -0.2) is 71.9 Å². The number of carbonyl (C=O) groups is 2. The zero-order valence-corrected chi connectivity index (χ0v) is 17.5. The Balaban J connectivity index is -0.000000665. The topological polar surface area (TPSA) is 118 Å². The fourth-order valence-electron chi connectivity index (χ4n) is 2.21. The molecule has 0 aliphatic heterocycles. The first-order valence-electron chi connectivity index (χ1n) is 9.75. The SMILES string of the molecule is CCCCCCCCCCCCOC(=O)/C=C\C(=O)O.CCCS(=O)(=O)O.[NaH]. The van der Waals surface area contributed by atoms with Crippen molar-refractivity contribution in [2.24, 2.45) is 0 Å². The number of aliphatic carboxylic acids is 1. The predicted octanol–water partition coefficient (Wildman–Crippen LogP) is 3.73. The molecule has 9 heteroatoms. The molecule has 0 saturated carbocycles. The van der Waals surface area contributed by atoms with Gasteiger partial charge < -0.3 is 9.84 Å². The van der Waals surface area contributed by atoms with Crippen molar-refractivity contribution in [1.29, 1.82) is 0 Å². The normalized spacial score (nSPS) is 10.7. The van der Waals surface area contributed by atoms with Crippen LogP contribution in [0.4, 0.5) is 0 Å². The summed E-state index contributed by atoms with van der Waals surface area (Å²) in [4.78, 5) is 21.2. The van der Waals surface area contributed by atoms with Gasteiger partial charge in [0.1, 0.15) is 0 Å². The number of carboxylic acids is 1. The van der Waals surface area contributed by atoms with Gasteiger partial charge in [0, 0.05) is 12.2 Å². The van der Waals surface area contributed by atoms with Gasteiger partial charge in [-0.2, -0.15) is 8.42 Å². The Morgan fingerprint density at radius 2 is 1.29 bits per heavy atom. The molecule has 0 aliphatic rings. The van der Waals surface area contributed by atoms with E-state index in [1.54, 1.807) is 6.92 Å². The second-order valence-corrected chi connectivity index (χ2v) is 7.88. The molecule has 0 amide bonds. The fourth-order valence-corrected chi connectivity index (χ4v) is 2.72. The molecule has 0 heterocycles. The van der Waals surface area contributed by atoms with E-state index in [0.29, 0.717) is 13.0 Å². The third-order valence-electron chi connectivity index (χ3n) is 3.57. The quantitative estimate of drug-likeness (QED) is 0.133. The third kappa shape index (κ3) is 33.2. The Morgan fingerprint density at radius 1 is 0.821 bits per heavy atom. The van der Waals surface area contributed by atoms with E-state index in [-0.39, 0.29) is 35.3 Å². The molecule has 0 radical (unpaired) electrons. The van der Waals surface area contributed by atoms with Gasteiger partial charge in [-0.25, -0.2) is 9.59 Å². The Labute approximate surface area is 192 Å². The molecule has 0 rings (SSSR count). The summed E-state index contributed by atoms with van der Waals surface area (Å²) in [5, 5.41) is 8.33. The molecule has 7 nitrogen and oxygen atoms in total. The second-order valence-electron chi connectivity index (χ2n) is 6.31. The van der Waals surface area contributed by atoms with Crippen LogP contribution in [0.25, 0.3) is 0 Å². The minimum absolute atomic E-state index is 0. The van der Waals surface area contributed by atoms with Gasteiger partial charge in [-0.1, -0.05) is 71.6 Å². The summed E-state index contributed by atoms with van der Waals surface area (Å²) < 4.78 is 32.4. The van der Waals surface area contributed by atoms with E-state index >= 15 is 0 Å². The molecule has 0 saturated heterocycles. The van der Waals surface area contributed by atoms with Gasteiger partial charge in [-0.15, -0.1) is 0 Å². The maximum atomic E-state index is 11.0. The van der Waals surface area contributed by atoms with E-state index in [0.717, 1.165) is 25.0 Å². The average Bonchev–Trinajstić information content (AvgIpc) is 2.57. The Hall–Kier alpha value is -0.410. The van der Waals surface area contributed by atoms with Crippen LogP contribution in [0.15, 0.2) is 12.2 Å². The van der Waals surface area contributed by atoms with Crippen LogP contribution < -0.4 is 0 Å². The molecular formula is C19H37NaO7S. The summed E-state index contributed by atoms with van der Waals surface area (Å²) in [7, 11) is -3.67. The number of carboxylic acid groups (broad SMARTS) is 1. The number of ether oxygens (including phenoxy) is 1. The van der Waals surface area contributed by atoms with Gasteiger partial charge in [-0.05, 0) is 12.8 Å². The van der Waals surface area contributed by atoms with Crippen LogP contribution in [-0.2, 0) is 24.4 Å². The van der Waals surface area contributed by atoms with Gasteiger partial charge in [0.05, 0.1) is 12.4 Å². The fraction of sp³-hybridized carbons (Fsp3) is 0.789. The Bertz CT molecular complexity index is 504. The van der Waals surface area contributed by atoms with Crippen LogP contribution in [0, 0.1) is 0 Å². The summed E-state index contributed by atoms with van der Waals surface area (Å²) in [5.74, 6) is -1.85. The molecule has 2 N–H and O–H groups in total. The van der Waals surface area contributed by atoms with E-state index < -0.39 is 22.1 Å². The zero-order chi connectivity index (χ0) is 21.0. The average molecular weight is 433 g/mol. The maximum absolute atomic E-state index is 11.0. The summed E-state index contributed by atoms with van der Waals surface area (Å²) >= 11 is 0. The van der Waals surface area contributed by atoms with Crippen LogP contribution >= 0.6 is 0 Å².